The van der Waals surface area contributed by atoms with Crippen LogP contribution in [0.3, 0.4) is 0 Å². The van der Waals surface area contributed by atoms with Gasteiger partial charge in [0.15, 0.2) is 0 Å². The van der Waals surface area contributed by atoms with Gasteiger partial charge in [0.1, 0.15) is 0 Å². The van der Waals surface area contributed by atoms with Gasteiger partial charge in [0.05, 0.1) is 0 Å². The molecule has 1 amide bonds. The average molecular weight is 329 g/mol. The molecule has 0 bridgehead atoms. The summed E-state index contributed by atoms with van der Waals surface area (Å²) in [5.74, 6) is -0.234. The minimum atomic E-state index is -0.234. The van der Waals surface area contributed by atoms with Crippen molar-refractivity contribution in [3.8, 4) is 0 Å². The molecule has 0 heterocycles. The summed E-state index contributed by atoms with van der Waals surface area (Å²) in [5, 5.41) is 3.86. The summed E-state index contributed by atoms with van der Waals surface area (Å²) < 4.78 is 0.934. The third kappa shape index (κ3) is 4.48. The van der Waals surface area contributed by atoms with Crippen LogP contribution in [0.4, 0.5) is 0 Å². The van der Waals surface area contributed by atoms with Crippen LogP contribution < -0.4 is 5.43 Å². The number of carbonyl (C=O) groups excluding carboxylic acids is 1. The molecule has 0 spiro atoms. The molecule has 2 aromatic rings. The second kappa shape index (κ2) is 7.40. The smallest absolute Gasteiger partial charge is 0.267 e. The molecule has 0 atom stereocenters. The van der Waals surface area contributed by atoms with Crippen molar-refractivity contribution < 1.29 is 4.79 Å². The van der Waals surface area contributed by atoms with Crippen LogP contribution in [0.2, 0.25) is 0 Å². The van der Waals surface area contributed by atoms with Gasteiger partial charge in [-0.2, -0.15) is 5.10 Å². The Morgan fingerprint density at radius 2 is 1.75 bits per heavy atom. The van der Waals surface area contributed by atoms with E-state index >= 15 is 0 Å². The fourth-order valence-electron chi connectivity index (χ4n) is 1.52. The minimum absolute atomic E-state index is 0.234. The molecule has 0 aliphatic rings. The molecule has 0 saturated heterocycles. The van der Waals surface area contributed by atoms with Crippen LogP contribution in [0, 0.1) is 0 Å². The Morgan fingerprint density at radius 3 is 2.45 bits per heavy atom. The van der Waals surface area contributed by atoms with Crippen molar-refractivity contribution in [2.45, 2.75) is 0 Å². The molecule has 1 N–H and O–H groups in total. The van der Waals surface area contributed by atoms with Crippen LogP contribution in [-0.2, 0) is 0 Å². The van der Waals surface area contributed by atoms with Crippen LogP contribution in [0.15, 0.2) is 70.2 Å². The van der Waals surface area contributed by atoms with Crippen molar-refractivity contribution >= 4 is 34.1 Å². The quantitative estimate of drug-likeness (QED) is 0.671. The largest absolute Gasteiger partial charge is 0.271 e. The van der Waals surface area contributed by atoms with E-state index in [9.17, 15) is 4.79 Å². The number of nitrogens with one attached hydrogen (secondary N) is 1. The Bertz CT molecular complexity index is 619. The first-order valence-corrected chi connectivity index (χ1v) is 6.86. The van der Waals surface area contributed by atoms with Crippen LogP contribution in [0.1, 0.15) is 15.9 Å². The molecule has 20 heavy (non-hydrogen) atoms. The number of hydrazone groups is 1. The van der Waals surface area contributed by atoms with Gasteiger partial charge >= 0.3 is 0 Å². The zero-order chi connectivity index (χ0) is 14.2. The lowest BCUT2D eigenvalue weighted by atomic mass is 10.2. The van der Waals surface area contributed by atoms with E-state index in [1.165, 1.54) is 0 Å². The summed E-state index contributed by atoms with van der Waals surface area (Å²) in [6.45, 7) is 0. The molecular formula is C16H13BrN2O. The highest BCUT2D eigenvalue weighted by atomic mass is 79.9. The molecule has 100 valence electrons. The van der Waals surface area contributed by atoms with Crippen LogP contribution >= 0.6 is 15.9 Å². The predicted octanol–water partition coefficient (Wildman–Crippen LogP) is 3.88. The van der Waals surface area contributed by atoms with Gasteiger partial charge < -0.3 is 0 Å². The standard InChI is InChI=1S/C16H13BrN2O/c17-15-10-8-14(9-11-15)16(20)19-18-12-4-7-13-5-2-1-3-6-13/h1-12H,(H,19,20)/b7-4+,18-12+. The Balaban J connectivity index is 1.86. The Morgan fingerprint density at radius 1 is 1.05 bits per heavy atom. The van der Waals surface area contributed by atoms with Crippen LogP contribution in [0.5, 0.6) is 0 Å². The summed E-state index contributed by atoms with van der Waals surface area (Å²) in [7, 11) is 0. The maximum atomic E-state index is 11.7. The maximum absolute atomic E-state index is 11.7. The van der Waals surface area contributed by atoms with Crippen LogP contribution in [0.25, 0.3) is 6.08 Å². The maximum Gasteiger partial charge on any atom is 0.271 e. The van der Waals surface area contributed by atoms with Crippen molar-refractivity contribution in [3.05, 3.63) is 76.3 Å². The second-order valence-electron chi connectivity index (χ2n) is 4.00. The van der Waals surface area contributed by atoms with E-state index in [0.717, 1.165) is 10.0 Å². The lowest BCUT2D eigenvalue weighted by Gasteiger charge is -1.98. The van der Waals surface area contributed by atoms with Gasteiger partial charge in [0, 0.05) is 16.3 Å². The molecule has 0 aliphatic heterocycles. The number of carbonyl (C=O) groups is 1. The fraction of sp³-hybridized carbons (Fsp3) is 0. The molecular weight excluding hydrogens is 316 g/mol. The van der Waals surface area contributed by atoms with Gasteiger partial charge in [-0.15, -0.1) is 0 Å². The van der Waals surface area contributed by atoms with Gasteiger partial charge in [0.25, 0.3) is 5.91 Å². The fourth-order valence-corrected chi connectivity index (χ4v) is 1.79. The van der Waals surface area contributed by atoms with Gasteiger partial charge in [-0.05, 0) is 35.9 Å². The molecule has 0 radical (unpaired) electrons. The van der Waals surface area contributed by atoms with Gasteiger partial charge in [-0.1, -0.05) is 52.3 Å². The molecule has 2 aromatic carbocycles. The monoisotopic (exact) mass is 328 g/mol. The molecule has 4 heteroatoms. The number of hydrogen-bond acceptors (Lipinski definition) is 2. The number of halogens is 1. The number of nitrogens with zero attached hydrogens (tertiary/aromatic N) is 1. The minimum Gasteiger partial charge on any atom is -0.267 e. The predicted molar refractivity (Wildman–Crippen MR) is 85.6 cm³/mol. The van der Waals surface area contributed by atoms with E-state index in [1.54, 1.807) is 24.4 Å². The zero-order valence-electron chi connectivity index (χ0n) is 10.7. The first kappa shape index (κ1) is 14.2. The molecule has 2 rings (SSSR count). The first-order valence-electron chi connectivity index (χ1n) is 6.06. The Hall–Kier alpha value is -2.20. The van der Waals surface area contributed by atoms with E-state index in [-0.39, 0.29) is 5.91 Å². The van der Waals surface area contributed by atoms with E-state index in [4.69, 9.17) is 0 Å². The molecule has 0 aromatic heterocycles. The van der Waals surface area contributed by atoms with E-state index < -0.39 is 0 Å². The molecule has 0 unspecified atom stereocenters. The van der Waals surface area contributed by atoms with Crippen molar-refractivity contribution in [1.29, 1.82) is 0 Å². The number of allylic oxidation sites excluding steroid dienone is 1. The molecule has 0 fully saturated rings. The SMILES string of the molecule is O=C(N/N=C/C=C/c1ccccc1)c1ccc(Br)cc1. The van der Waals surface area contributed by atoms with Gasteiger partial charge in [-0.25, -0.2) is 5.43 Å². The number of rotatable bonds is 4. The topological polar surface area (TPSA) is 41.5 Å². The first-order chi connectivity index (χ1) is 9.75. The highest BCUT2D eigenvalue weighted by molar-refractivity contribution is 9.10. The summed E-state index contributed by atoms with van der Waals surface area (Å²) >= 11 is 3.32. The van der Waals surface area contributed by atoms with E-state index in [0.29, 0.717) is 5.56 Å². The Labute approximate surface area is 126 Å². The van der Waals surface area contributed by atoms with Crippen LogP contribution in [-0.4, -0.2) is 12.1 Å². The number of hydrogen-bond donors (Lipinski definition) is 1. The average Bonchev–Trinajstić information content (AvgIpc) is 2.48. The number of amides is 1. The van der Waals surface area contributed by atoms with Crippen molar-refractivity contribution in [1.82, 2.24) is 5.43 Å². The molecule has 0 aliphatic carbocycles. The molecule has 0 saturated carbocycles. The summed E-state index contributed by atoms with van der Waals surface area (Å²) in [6, 6.07) is 17.0. The molecule has 3 nitrogen and oxygen atoms in total. The zero-order valence-corrected chi connectivity index (χ0v) is 12.2. The highest BCUT2D eigenvalue weighted by Crippen LogP contribution is 2.10. The Kier molecular flexibility index (Phi) is 5.26. The summed E-state index contributed by atoms with van der Waals surface area (Å²) in [5.41, 5.74) is 4.12. The second-order valence-corrected chi connectivity index (χ2v) is 4.91. The highest BCUT2D eigenvalue weighted by Gasteiger charge is 2.02. The normalized spacial score (nSPS) is 11.1. The van der Waals surface area contributed by atoms with Gasteiger partial charge in [-0.3, -0.25) is 4.79 Å². The van der Waals surface area contributed by atoms with Crippen molar-refractivity contribution in [2.24, 2.45) is 5.10 Å². The summed E-state index contributed by atoms with van der Waals surface area (Å²) in [6.07, 6.45) is 5.23. The van der Waals surface area contributed by atoms with Crippen molar-refractivity contribution in [3.63, 3.8) is 0 Å². The van der Waals surface area contributed by atoms with Crippen molar-refractivity contribution in [2.75, 3.05) is 0 Å². The summed E-state index contributed by atoms with van der Waals surface area (Å²) in [4.78, 5) is 11.7. The van der Waals surface area contributed by atoms with Gasteiger partial charge in [0.2, 0.25) is 0 Å². The van der Waals surface area contributed by atoms with E-state index in [1.807, 2.05) is 48.5 Å². The number of benzene rings is 2. The van der Waals surface area contributed by atoms with E-state index in [2.05, 4.69) is 26.5 Å². The third-order valence-corrected chi connectivity index (χ3v) is 3.05. The third-order valence-electron chi connectivity index (χ3n) is 2.52. The lowest BCUT2D eigenvalue weighted by molar-refractivity contribution is 0.0955. The lowest BCUT2D eigenvalue weighted by Crippen LogP contribution is -2.17.